The molecule has 1 N–H and O–H groups in total. The van der Waals surface area contributed by atoms with Crippen molar-refractivity contribution < 1.29 is 38.5 Å². The summed E-state index contributed by atoms with van der Waals surface area (Å²) in [5, 5.41) is 10.0. The largest absolute Gasteiger partial charge is 0.455 e. The summed E-state index contributed by atoms with van der Waals surface area (Å²) in [4.78, 5) is 62.8. The van der Waals surface area contributed by atoms with Gasteiger partial charge in [0.05, 0.1) is 43.8 Å². The van der Waals surface area contributed by atoms with Crippen molar-refractivity contribution in [3.8, 4) is 0 Å². The lowest BCUT2D eigenvalue weighted by molar-refractivity contribution is -0.164. The maximum Gasteiger partial charge on any atom is 0.313 e. The number of nitrogens with zero attached hydrogens (tertiary/aromatic N) is 4. The highest BCUT2D eigenvalue weighted by Gasteiger charge is 2.77. The van der Waals surface area contributed by atoms with Crippen molar-refractivity contribution in [2.24, 2.45) is 11.8 Å². The van der Waals surface area contributed by atoms with Crippen LogP contribution in [0.25, 0.3) is 0 Å². The zero-order chi connectivity index (χ0) is 35.3. The smallest absolute Gasteiger partial charge is 0.313 e. The zero-order valence-corrected chi connectivity index (χ0v) is 30.0. The summed E-state index contributed by atoms with van der Waals surface area (Å²) in [6.45, 7) is 13.1. The second-order valence-electron chi connectivity index (χ2n) is 13.3. The van der Waals surface area contributed by atoms with E-state index >= 15 is 0 Å². The Morgan fingerprint density at radius 3 is 2.53 bits per heavy atom. The van der Waals surface area contributed by atoms with Gasteiger partial charge in [-0.15, -0.1) is 13.2 Å². The standard InChI is InChI=1S/C36H49BrN4O8/c1-5-7-13-27(43)38(4)24(3)30(25-11-9-8-10-12-25)48-35(46)28-29-33(44)41(17-20-42)32(36(29)23-26(37)31(28)49-36)34(45)40(14-6-2)16-15-39-18-21-47-22-19-39/h5-6,8-12,24,26,28-32,42H,1-2,7,13-23H2,3-4H3/t24-,26?,28-,29+,30+,31-,32-,36+/m0/s1. The normalized spacial score (nSPS) is 28.9. The fourth-order valence-corrected chi connectivity index (χ4v) is 8.80. The number of aliphatic hydroxyl groups excluding tert-OH is 1. The Bertz CT molecular complexity index is 1380. The van der Waals surface area contributed by atoms with Crippen molar-refractivity contribution in [2.75, 3.05) is 66.1 Å². The van der Waals surface area contributed by atoms with Gasteiger partial charge in [-0.25, -0.2) is 0 Å². The minimum atomic E-state index is -1.30. The van der Waals surface area contributed by atoms with E-state index in [0.717, 1.165) is 13.1 Å². The molecule has 268 valence electrons. The number of carbonyl (C=O) groups excluding carboxylic acids is 4. The van der Waals surface area contributed by atoms with E-state index in [2.05, 4.69) is 34.0 Å². The molecule has 1 unspecified atom stereocenters. The van der Waals surface area contributed by atoms with Gasteiger partial charge in [-0.1, -0.05) is 58.4 Å². The van der Waals surface area contributed by atoms with Gasteiger partial charge in [0.15, 0.2) is 0 Å². The third kappa shape index (κ3) is 7.37. The van der Waals surface area contributed by atoms with Crippen LogP contribution < -0.4 is 0 Å². The molecule has 4 fully saturated rings. The number of allylic oxidation sites excluding steroid dienone is 1. The molecule has 0 aliphatic carbocycles. The first-order chi connectivity index (χ1) is 23.6. The highest BCUT2D eigenvalue weighted by atomic mass is 79.9. The van der Waals surface area contributed by atoms with Crippen LogP contribution in [0.1, 0.15) is 37.9 Å². The second-order valence-corrected chi connectivity index (χ2v) is 14.5. The molecular formula is C36H49BrN4O8. The van der Waals surface area contributed by atoms with E-state index in [1.54, 1.807) is 29.0 Å². The highest BCUT2D eigenvalue weighted by Crippen LogP contribution is 2.60. The summed E-state index contributed by atoms with van der Waals surface area (Å²) in [5.74, 6) is -3.45. The summed E-state index contributed by atoms with van der Waals surface area (Å²) >= 11 is 3.72. The van der Waals surface area contributed by atoms with Gasteiger partial charge in [0, 0.05) is 57.6 Å². The van der Waals surface area contributed by atoms with Gasteiger partial charge in [-0.05, 0) is 25.3 Å². The Hall–Kier alpha value is -3.10. The van der Waals surface area contributed by atoms with Crippen LogP contribution in [0.4, 0.5) is 0 Å². The molecule has 4 aliphatic heterocycles. The Morgan fingerprint density at radius 2 is 1.88 bits per heavy atom. The van der Waals surface area contributed by atoms with E-state index in [1.807, 2.05) is 37.3 Å². The molecule has 0 saturated carbocycles. The van der Waals surface area contributed by atoms with Gasteiger partial charge < -0.3 is 34.0 Å². The molecule has 0 radical (unpaired) electrons. The molecule has 3 amide bonds. The Labute approximate surface area is 297 Å². The number of rotatable bonds is 16. The van der Waals surface area contributed by atoms with E-state index in [0.29, 0.717) is 44.7 Å². The number of benzene rings is 1. The molecule has 1 aromatic carbocycles. The molecule has 0 aromatic heterocycles. The van der Waals surface area contributed by atoms with Crippen molar-refractivity contribution in [1.29, 1.82) is 0 Å². The predicted octanol–water partition coefficient (Wildman–Crippen LogP) is 2.17. The summed E-state index contributed by atoms with van der Waals surface area (Å²) in [7, 11) is 1.68. The van der Waals surface area contributed by atoms with Gasteiger partial charge in [0.2, 0.25) is 17.7 Å². The summed E-state index contributed by atoms with van der Waals surface area (Å²) in [5.41, 5.74) is -0.593. The molecule has 2 bridgehead atoms. The SMILES string of the molecule is C=CCCC(=O)N(C)[C@@H](C)[C@@H](OC(=O)[C@@H]1[C@H]2O[C@@]3(CC2Br)[C@H](C(=O)N(CC=C)CCN2CCOCC2)N(CCO)C(=O)[C@@H]13)c1ccccc1. The number of esters is 1. The predicted molar refractivity (Wildman–Crippen MR) is 185 cm³/mol. The lowest BCUT2D eigenvalue weighted by Crippen LogP contribution is -2.58. The number of amides is 3. The van der Waals surface area contributed by atoms with Crippen LogP contribution in [0.15, 0.2) is 55.6 Å². The average Bonchev–Trinajstić information content (AvgIpc) is 3.71. The number of hydrogen-bond acceptors (Lipinski definition) is 9. The quantitative estimate of drug-likeness (QED) is 0.154. The first-order valence-corrected chi connectivity index (χ1v) is 18.1. The van der Waals surface area contributed by atoms with Crippen LogP contribution in [-0.4, -0.2) is 143 Å². The van der Waals surface area contributed by atoms with Crippen LogP contribution in [0.2, 0.25) is 0 Å². The number of ether oxygens (including phenoxy) is 3. The number of hydrogen-bond donors (Lipinski definition) is 1. The van der Waals surface area contributed by atoms with E-state index in [1.165, 1.54) is 4.90 Å². The number of likely N-dealkylation sites (tertiary alicyclic amines) is 1. The third-order valence-electron chi connectivity index (χ3n) is 10.5. The fraction of sp³-hybridized carbons (Fsp3) is 0.611. The van der Waals surface area contributed by atoms with Crippen molar-refractivity contribution >= 4 is 39.6 Å². The molecule has 12 nitrogen and oxygen atoms in total. The third-order valence-corrected chi connectivity index (χ3v) is 11.3. The van der Waals surface area contributed by atoms with Crippen LogP contribution in [0, 0.1) is 11.8 Å². The lowest BCUT2D eigenvalue weighted by atomic mass is 9.70. The molecule has 13 heteroatoms. The van der Waals surface area contributed by atoms with Crippen molar-refractivity contribution in [3.63, 3.8) is 0 Å². The van der Waals surface area contributed by atoms with E-state index in [-0.39, 0.29) is 42.8 Å². The monoisotopic (exact) mass is 744 g/mol. The summed E-state index contributed by atoms with van der Waals surface area (Å²) < 4.78 is 18.4. The number of β-amino-alcohol motifs (C(OH)–C–C–N with tert-alkyl or cyclic N) is 1. The number of morpholine rings is 1. The van der Waals surface area contributed by atoms with Crippen LogP contribution in [0.3, 0.4) is 0 Å². The van der Waals surface area contributed by atoms with Crippen molar-refractivity contribution in [3.05, 3.63) is 61.2 Å². The summed E-state index contributed by atoms with van der Waals surface area (Å²) in [6, 6.07) is 7.64. The molecule has 49 heavy (non-hydrogen) atoms. The zero-order valence-electron chi connectivity index (χ0n) is 28.5. The molecular weight excluding hydrogens is 696 g/mol. The highest BCUT2D eigenvalue weighted by molar-refractivity contribution is 9.09. The van der Waals surface area contributed by atoms with Crippen LogP contribution in [0.5, 0.6) is 0 Å². The molecule has 4 saturated heterocycles. The summed E-state index contributed by atoms with van der Waals surface area (Å²) in [6.07, 6.45) is 2.92. The molecule has 1 aromatic rings. The van der Waals surface area contributed by atoms with E-state index < -0.39 is 53.6 Å². The van der Waals surface area contributed by atoms with Gasteiger partial charge in [0.1, 0.15) is 17.7 Å². The molecule has 4 heterocycles. The van der Waals surface area contributed by atoms with Gasteiger partial charge in [0.25, 0.3) is 0 Å². The molecule has 4 aliphatic rings. The topological polar surface area (TPSA) is 129 Å². The first-order valence-electron chi connectivity index (χ1n) is 17.1. The maximum absolute atomic E-state index is 14.5. The molecule has 1 spiro atoms. The van der Waals surface area contributed by atoms with Crippen LogP contribution in [-0.2, 0) is 33.4 Å². The van der Waals surface area contributed by atoms with Gasteiger partial charge in [-0.3, -0.25) is 24.1 Å². The minimum Gasteiger partial charge on any atom is -0.455 e. The fourth-order valence-electron chi connectivity index (χ4n) is 7.86. The first kappa shape index (κ1) is 37.2. The van der Waals surface area contributed by atoms with Gasteiger partial charge in [-0.2, -0.15) is 0 Å². The van der Waals surface area contributed by atoms with Gasteiger partial charge >= 0.3 is 5.97 Å². The Morgan fingerprint density at radius 1 is 1.16 bits per heavy atom. The van der Waals surface area contributed by atoms with Crippen molar-refractivity contribution in [1.82, 2.24) is 19.6 Å². The van der Waals surface area contributed by atoms with E-state index in [9.17, 15) is 24.3 Å². The Balaban J connectivity index is 1.43. The average molecular weight is 746 g/mol. The number of aliphatic hydroxyl groups is 1. The van der Waals surface area contributed by atoms with Crippen LogP contribution >= 0.6 is 15.9 Å². The molecule has 8 atom stereocenters. The second kappa shape index (κ2) is 16.3. The Kier molecular flexibility index (Phi) is 12.3. The number of likely N-dealkylation sites (N-methyl/N-ethyl adjacent to an activating group) is 1. The van der Waals surface area contributed by atoms with Crippen molar-refractivity contribution in [2.45, 2.75) is 60.9 Å². The number of alkyl halides is 1. The van der Waals surface area contributed by atoms with E-state index in [4.69, 9.17) is 14.2 Å². The minimum absolute atomic E-state index is 0.0804. The lowest BCUT2D eigenvalue weighted by Gasteiger charge is -2.38. The molecule has 5 rings (SSSR count). The number of carbonyl (C=O) groups is 4. The number of fused-ring (bicyclic) bond motifs is 1. The number of halogens is 1. The maximum atomic E-state index is 14.5.